The third-order valence-corrected chi connectivity index (χ3v) is 7.31. The zero-order valence-corrected chi connectivity index (χ0v) is 23.7. The van der Waals surface area contributed by atoms with Crippen LogP contribution in [0.2, 0.25) is 0 Å². The Morgan fingerprint density at radius 3 is 2.42 bits per heavy atom. The number of anilines is 2. The maximum atomic E-state index is 14.1. The minimum absolute atomic E-state index is 0.0652. The lowest BCUT2D eigenvalue weighted by molar-refractivity contribution is -0.130. The second kappa shape index (κ2) is 13.4. The van der Waals surface area contributed by atoms with Gasteiger partial charge in [-0.15, -0.1) is 11.3 Å². The number of ether oxygens (including phenoxy) is 1. The zero-order valence-electron chi connectivity index (χ0n) is 22.9. The molecule has 212 valence electrons. The van der Waals surface area contributed by atoms with E-state index in [2.05, 4.69) is 10.3 Å². The topological polar surface area (TPSA) is 95.1 Å². The van der Waals surface area contributed by atoms with E-state index < -0.39 is 0 Å². The number of nitrogens with one attached hydrogen (secondary N) is 1. The predicted molar refractivity (Wildman–Crippen MR) is 153 cm³/mol. The molecule has 0 unspecified atom stereocenters. The Labute approximate surface area is 237 Å². The molecule has 9 nitrogen and oxygen atoms in total. The molecule has 2 heterocycles. The van der Waals surface area contributed by atoms with Gasteiger partial charge in [0.25, 0.3) is 5.91 Å². The molecule has 11 heteroatoms. The zero-order chi connectivity index (χ0) is 28.6. The van der Waals surface area contributed by atoms with E-state index in [4.69, 9.17) is 4.74 Å². The highest BCUT2D eigenvalue weighted by atomic mass is 32.1. The smallest absolute Gasteiger partial charge is 0.254 e. The van der Waals surface area contributed by atoms with Gasteiger partial charge in [0.2, 0.25) is 11.8 Å². The Morgan fingerprint density at radius 2 is 1.77 bits per heavy atom. The average Bonchev–Trinajstić information content (AvgIpc) is 3.38. The fourth-order valence-corrected chi connectivity index (χ4v) is 5.25. The number of nitrogens with zero attached hydrogens (tertiary/aromatic N) is 4. The summed E-state index contributed by atoms with van der Waals surface area (Å²) >= 11 is 1.23. The van der Waals surface area contributed by atoms with Crippen molar-refractivity contribution in [3.63, 3.8) is 0 Å². The number of carbonyl (C=O) groups excluding carboxylic acids is 3. The third-order valence-electron chi connectivity index (χ3n) is 6.50. The maximum absolute atomic E-state index is 14.1. The normalized spacial score (nSPS) is 13.3. The van der Waals surface area contributed by atoms with Crippen LogP contribution in [0.5, 0.6) is 5.75 Å². The van der Waals surface area contributed by atoms with Crippen molar-refractivity contribution in [2.24, 2.45) is 5.92 Å². The molecule has 1 aliphatic heterocycles. The SMILES string of the molecule is COc1ccc(C(=O)N(CC(=O)Nc2nc(CC(=O)N3CCN(c4ccccc4F)CC3)cs2)CC(C)C)cc1. The van der Waals surface area contributed by atoms with Crippen LogP contribution < -0.4 is 15.0 Å². The first-order valence-corrected chi connectivity index (χ1v) is 14.1. The monoisotopic (exact) mass is 567 g/mol. The number of halogens is 1. The van der Waals surface area contributed by atoms with Gasteiger partial charge in [0, 0.05) is 43.7 Å². The number of hydrogen-bond acceptors (Lipinski definition) is 7. The van der Waals surface area contributed by atoms with Gasteiger partial charge in [-0.3, -0.25) is 14.4 Å². The van der Waals surface area contributed by atoms with Crippen LogP contribution in [0.1, 0.15) is 29.9 Å². The Hall–Kier alpha value is -3.99. The highest BCUT2D eigenvalue weighted by molar-refractivity contribution is 7.13. The molecule has 0 radical (unpaired) electrons. The molecule has 0 aliphatic carbocycles. The molecular formula is C29H34FN5O4S. The molecule has 40 heavy (non-hydrogen) atoms. The van der Waals surface area contributed by atoms with Crippen molar-refractivity contribution < 1.29 is 23.5 Å². The standard InChI is InChI=1S/C29H34FN5O4S/c1-20(2)17-35(28(38)21-8-10-23(39-3)11-9-21)18-26(36)32-29-31-22(19-40-29)16-27(37)34-14-12-33(13-15-34)25-7-5-4-6-24(25)30/h4-11,19-20H,12-18H2,1-3H3,(H,31,32,36). The molecule has 1 N–H and O–H groups in total. The highest BCUT2D eigenvalue weighted by Gasteiger charge is 2.24. The van der Waals surface area contributed by atoms with Gasteiger partial charge in [0.1, 0.15) is 18.1 Å². The summed E-state index contributed by atoms with van der Waals surface area (Å²) in [7, 11) is 1.56. The van der Waals surface area contributed by atoms with Gasteiger partial charge >= 0.3 is 0 Å². The molecule has 0 spiro atoms. The molecule has 2 aromatic carbocycles. The number of carbonyl (C=O) groups is 3. The van der Waals surface area contributed by atoms with Crippen LogP contribution >= 0.6 is 11.3 Å². The van der Waals surface area contributed by atoms with E-state index in [0.29, 0.717) is 60.5 Å². The van der Waals surface area contributed by atoms with Crippen molar-refractivity contribution >= 4 is 39.9 Å². The molecule has 1 fully saturated rings. The first kappa shape index (κ1) is 29.0. The van der Waals surface area contributed by atoms with E-state index in [-0.39, 0.29) is 42.4 Å². The van der Waals surface area contributed by atoms with Gasteiger partial charge in [-0.2, -0.15) is 0 Å². The van der Waals surface area contributed by atoms with Crippen molar-refractivity contribution in [1.29, 1.82) is 0 Å². The lowest BCUT2D eigenvalue weighted by Gasteiger charge is -2.36. The molecule has 1 aliphatic rings. The van der Waals surface area contributed by atoms with Gasteiger partial charge in [-0.1, -0.05) is 26.0 Å². The van der Waals surface area contributed by atoms with Crippen LogP contribution in [-0.2, 0) is 16.0 Å². The van der Waals surface area contributed by atoms with Crippen molar-refractivity contribution in [3.05, 3.63) is 71.0 Å². The highest BCUT2D eigenvalue weighted by Crippen LogP contribution is 2.21. The molecule has 3 aromatic rings. The summed E-state index contributed by atoms with van der Waals surface area (Å²) in [4.78, 5) is 48.4. The number of para-hydroxylation sites is 1. The number of hydrogen-bond donors (Lipinski definition) is 1. The molecule has 0 atom stereocenters. The summed E-state index contributed by atoms with van der Waals surface area (Å²) in [6, 6.07) is 13.4. The van der Waals surface area contributed by atoms with Gasteiger partial charge in [0.15, 0.2) is 5.13 Å². The second-order valence-electron chi connectivity index (χ2n) is 10.00. The molecule has 1 saturated heterocycles. The van der Waals surface area contributed by atoms with Crippen LogP contribution in [0, 0.1) is 11.7 Å². The first-order valence-electron chi connectivity index (χ1n) is 13.2. The predicted octanol–water partition coefficient (Wildman–Crippen LogP) is 3.92. The summed E-state index contributed by atoms with van der Waals surface area (Å²) < 4.78 is 19.3. The van der Waals surface area contributed by atoms with Crippen LogP contribution in [0.4, 0.5) is 15.2 Å². The van der Waals surface area contributed by atoms with Crippen molar-refractivity contribution in [1.82, 2.24) is 14.8 Å². The lowest BCUT2D eigenvalue weighted by atomic mass is 10.1. The second-order valence-corrected chi connectivity index (χ2v) is 10.9. The Morgan fingerprint density at radius 1 is 1.07 bits per heavy atom. The number of rotatable bonds is 10. The van der Waals surface area contributed by atoms with Crippen LogP contribution in [-0.4, -0.2) is 78.9 Å². The van der Waals surface area contributed by atoms with E-state index in [9.17, 15) is 18.8 Å². The number of methoxy groups -OCH3 is 1. The van der Waals surface area contributed by atoms with Crippen LogP contribution in [0.15, 0.2) is 53.9 Å². The minimum atomic E-state index is -0.362. The fourth-order valence-electron chi connectivity index (χ4n) is 4.53. The Balaban J connectivity index is 1.29. The molecule has 3 amide bonds. The van der Waals surface area contributed by atoms with E-state index >= 15 is 0 Å². The van der Waals surface area contributed by atoms with E-state index in [0.717, 1.165) is 0 Å². The summed E-state index contributed by atoms with van der Waals surface area (Å²) in [5.41, 5.74) is 1.58. The van der Waals surface area contributed by atoms with Gasteiger partial charge in [0.05, 0.1) is 24.9 Å². The number of benzene rings is 2. The van der Waals surface area contributed by atoms with Gasteiger partial charge < -0.3 is 24.8 Å². The number of thiazole rings is 1. The number of piperazine rings is 1. The van der Waals surface area contributed by atoms with E-state index in [1.54, 1.807) is 59.9 Å². The maximum Gasteiger partial charge on any atom is 0.254 e. The quantitative estimate of drug-likeness (QED) is 0.399. The molecule has 1 aromatic heterocycles. The molecule has 0 saturated carbocycles. The summed E-state index contributed by atoms with van der Waals surface area (Å²) in [5, 5.41) is 4.88. The van der Waals surface area contributed by atoms with Crippen LogP contribution in [0.3, 0.4) is 0 Å². The van der Waals surface area contributed by atoms with Crippen molar-refractivity contribution in [3.8, 4) is 5.75 Å². The van der Waals surface area contributed by atoms with E-state index in [1.807, 2.05) is 18.7 Å². The van der Waals surface area contributed by atoms with Crippen molar-refractivity contribution in [2.45, 2.75) is 20.3 Å². The molecule has 0 bridgehead atoms. The Bertz CT molecular complexity index is 1320. The lowest BCUT2D eigenvalue weighted by Crippen LogP contribution is -2.49. The summed E-state index contributed by atoms with van der Waals surface area (Å²) in [5.74, 6) is -0.124. The van der Waals surface area contributed by atoms with Gasteiger partial charge in [-0.05, 0) is 42.3 Å². The summed E-state index contributed by atoms with van der Waals surface area (Å²) in [6.07, 6.45) is 0.113. The van der Waals surface area contributed by atoms with Gasteiger partial charge in [-0.25, -0.2) is 9.37 Å². The summed E-state index contributed by atoms with van der Waals surface area (Å²) in [6.45, 7) is 6.35. The fraction of sp³-hybridized carbons (Fsp3) is 0.379. The first-order chi connectivity index (χ1) is 19.2. The Kier molecular flexibility index (Phi) is 9.70. The minimum Gasteiger partial charge on any atom is -0.497 e. The third kappa shape index (κ3) is 7.56. The molecular weight excluding hydrogens is 533 g/mol. The van der Waals surface area contributed by atoms with Crippen molar-refractivity contribution in [2.75, 3.05) is 56.6 Å². The number of amides is 3. The largest absolute Gasteiger partial charge is 0.497 e. The van der Waals surface area contributed by atoms with E-state index in [1.165, 1.54) is 22.3 Å². The molecule has 4 rings (SSSR count). The van der Waals surface area contributed by atoms with Crippen LogP contribution in [0.25, 0.3) is 0 Å². The average molecular weight is 568 g/mol. The number of aromatic nitrogens is 1.